The summed E-state index contributed by atoms with van der Waals surface area (Å²) in [6.07, 6.45) is 4.90. The molecule has 1 aromatic carbocycles. The van der Waals surface area contributed by atoms with Crippen LogP contribution in [0.3, 0.4) is 0 Å². The van der Waals surface area contributed by atoms with Crippen LogP contribution in [-0.4, -0.2) is 55.5 Å². The summed E-state index contributed by atoms with van der Waals surface area (Å²) in [6, 6.07) is 6.36. The molecule has 0 saturated carbocycles. The SMILES string of the molecule is COc1ccc(/C=C/C(=O)N[C@@H](C)C(=O)OCC(=O)N2CCC(C)CC2)cc1. The maximum atomic E-state index is 12.1. The van der Waals surface area contributed by atoms with Crippen LogP contribution in [0.1, 0.15) is 32.3 Å². The number of benzene rings is 1. The average molecular weight is 388 g/mol. The molecule has 152 valence electrons. The number of rotatable bonds is 7. The second kappa shape index (κ2) is 10.5. The third-order valence-corrected chi connectivity index (χ3v) is 4.73. The first-order valence-corrected chi connectivity index (χ1v) is 9.46. The molecule has 0 spiro atoms. The molecule has 1 aliphatic rings. The smallest absolute Gasteiger partial charge is 0.328 e. The van der Waals surface area contributed by atoms with Gasteiger partial charge in [-0.2, -0.15) is 0 Å². The van der Waals surface area contributed by atoms with Crippen LogP contribution < -0.4 is 10.1 Å². The topological polar surface area (TPSA) is 84.9 Å². The molecule has 0 bridgehead atoms. The third kappa shape index (κ3) is 6.72. The van der Waals surface area contributed by atoms with Gasteiger partial charge in [-0.3, -0.25) is 9.59 Å². The van der Waals surface area contributed by atoms with Gasteiger partial charge in [0.05, 0.1) is 7.11 Å². The molecule has 7 nitrogen and oxygen atoms in total. The van der Waals surface area contributed by atoms with Crippen LogP contribution in [0.4, 0.5) is 0 Å². The number of likely N-dealkylation sites (tertiary alicyclic amines) is 1. The number of hydrogen-bond acceptors (Lipinski definition) is 5. The first-order valence-electron chi connectivity index (χ1n) is 9.46. The molecule has 0 aliphatic carbocycles. The Bertz CT molecular complexity index is 706. The van der Waals surface area contributed by atoms with Crippen molar-refractivity contribution in [2.24, 2.45) is 5.92 Å². The number of methoxy groups -OCH3 is 1. The van der Waals surface area contributed by atoms with E-state index in [1.807, 2.05) is 12.1 Å². The fourth-order valence-electron chi connectivity index (χ4n) is 2.81. The second-order valence-corrected chi connectivity index (χ2v) is 7.01. The average Bonchev–Trinajstić information content (AvgIpc) is 2.71. The molecule has 2 amide bonds. The molecule has 1 aromatic rings. The van der Waals surface area contributed by atoms with Crippen molar-refractivity contribution in [3.63, 3.8) is 0 Å². The molecule has 1 fully saturated rings. The molecular formula is C21H28N2O5. The van der Waals surface area contributed by atoms with E-state index in [1.165, 1.54) is 13.0 Å². The van der Waals surface area contributed by atoms with Gasteiger partial charge in [-0.05, 0) is 49.5 Å². The van der Waals surface area contributed by atoms with Crippen LogP contribution >= 0.6 is 0 Å². The maximum Gasteiger partial charge on any atom is 0.328 e. The van der Waals surface area contributed by atoms with Gasteiger partial charge in [0.2, 0.25) is 5.91 Å². The van der Waals surface area contributed by atoms with Gasteiger partial charge >= 0.3 is 5.97 Å². The van der Waals surface area contributed by atoms with E-state index in [9.17, 15) is 14.4 Å². The van der Waals surface area contributed by atoms with E-state index >= 15 is 0 Å². The highest BCUT2D eigenvalue weighted by Gasteiger charge is 2.22. The molecular weight excluding hydrogens is 360 g/mol. The molecule has 0 unspecified atom stereocenters. The van der Waals surface area contributed by atoms with E-state index in [2.05, 4.69) is 12.2 Å². The van der Waals surface area contributed by atoms with E-state index in [0.717, 1.165) is 24.2 Å². The third-order valence-electron chi connectivity index (χ3n) is 4.73. The molecule has 0 radical (unpaired) electrons. The number of nitrogens with one attached hydrogen (secondary N) is 1. The summed E-state index contributed by atoms with van der Waals surface area (Å²) in [7, 11) is 1.58. The number of hydrogen-bond donors (Lipinski definition) is 1. The fourth-order valence-corrected chi connectivity index (χ4v) is 2.81. The number of amides is 2. The van der Waals surface area contributed by atoms with Crippen LogP contribution in [-0.2, 0) is 19.1 Å². The number of carbonyl (C=O) groups excluding carboxylic acids is 3. The van der Waals surface area contributed by atoms with Gasteiger partial charge in [-0.15, -0.1) is 0 Å². The summed E-state index contributed by atoms with van der Waals surface area (Å²) in [5, 5.41) is 2.53. The minimum absolute atomic E-state index is 0.196. The Morgan fingerprint density at radius 1 is 1.21 bits per heavy atom. The van der Waals surface area contributed by atoms with Crippen molar-refractivity contribution in [2.75, 3.05) is 26.8 Å². The lowest BCUT2D eigenvalue weighted by Gasteiger charge is -2.30. The predicted octanol–water partition coefficient (Wildman–Crippen LogP) is 2.01. The largest absolute Gasteiger partial charge is 0.497 e. The van der Waals surface area contributed by atoms with E-state index < -0.39 is 17.9 Å². The summed E-state index contributed by atoms with van der Waals surface area (Å²) in [6.45, 7) is 4.78. The normalized spacial score (nSPS) is 15.9. The van der Waals surface area contributed by atoms with Crippen molar-refractivity contribution in [2.45, 2.75) is 32.7 Å². The first-order chi connectivity index (χ1) is 13.4. The summed E-state index contributed by atoms with van der Waals surface area (Å²) in [5.41, 5.74) is 0.827. The van der Waals surface area contributed by atoms with Gasteiger partial charge in [0.15, 0.2) is 6.61 Å². The van der Waals surface area contributed by atoms with E-state index in [0.29, 0.717) is 19.0 Å². The molecule has 0 aromatic heterocycles. The summed E-state index contributed by atoms with van der Waals surface area (Å²) in [5.74, 6) is 0.0964. The van der Waals surface area contributed by atoms with Crippen molar-refractivity contribution >= 4 is 23.9 Å². The van der Waals surface area contributed by atoms with Crippen LogP contribution in [0.5, 0.6) is 5.75 Å². The first kappa shape index (κ1) is 21.5. The quantitative estimate of drug-likeness (QED) is 0.571. The molecule has 1 heterocycles. The fraction of sp³-hybridized carbons (Fsp3) is 0.476. The monoisotopic (exact) mass is 388 g/mol. The molecule has 2 rings (SSSR count). The van der Waals surface area contributed by atoms with Crippen molar-refractivity contribution in [3.05, 3.63) is 35.9 Å². The Labute approximate surface area is 165 Å². The van der Waals surface area contributed by atoms with E-state index in [4.69, 9.17) is 9.47 Å². The van der Waals surface area contributed by atoms with Gasteiger partial charge in [0, 0.05) is 19.2 Å². The Morgan fingerprint density at radius 3 is 2.46 bits per heavy atom. The lowest BCUT2D eigenvalue weighted by molar-refractivity contribution is -0.154. The Morgan fingerprint density at radius 2 is 1.86 bits per heavy atom. The minimum atomic E-state index is -0.845. The predicted molar refractivity (Wildman–Crippen MR) is 106 cm³/mol. The van der Waals surface area contributed by atoms with Crippen molar-refractivity contribution in [1.29, 1.82) is 0 Å². The Kier molecular flexibility index (Phi) is 8.04. The molecule has 1 saturated heterocycles. The number of piperidine rings is 1. The molecule has 28 heavy (non-hydrogen) atoms. The second-order valence-electron chi connectivity index (χ2n) is 7.01. The zero-order valence-electron chi connectivity index (χ0n) is 16.6. The highest BCUT2D eigenvalue weighted by molar-refractivity contribution is 5.94. The van der Waals surface area contributed by atoms with Gasteiger partial charge in [-0.1, -0.05) is 19.1 Å². The highest BCUT2D eigenvalue weighted by atomic mass is 16.5. The van der Waals surface area contributed by atoms with Crippen LogP contribution in [0.2, 0.25) is 0 Å². The number of ether oxygens (including phenoxy) is 2. The number of nitrogens with zero attached hydrogens (tertiary/aromatic N) is 1. The van der Waals surface area contributed by atoms with E-state index in [-0.39, 0.29) is 12.5 Å². The molecule has 1 N–H and O–H groups in total. The van der Waals surface area contributed by atoms with Crippen molar-refractivity contribution in [1.82, 2.24) is 10.2 Å². The summed E-state index contributed by atoms with van der Waals surface area (Å²) < 4.78 is 10.1. The maximum absolute atomic E-state index is 12.1. The minimum Gasteiger partial charge on any atom is -0.497 e. The Hall–Kier alpha value is -2.83. The van der Waals surface area contributed by atoms with Crippen molar-refractivity contribution in [3.8, 4) is 5.75 Å². The van der Waals surface area contributed by atoms with E-state index in [1.54, 1.807) is 30.2 Å². The molecule has 1 atom stereocenters. The van der Waals surface area contributed by atoms with Crippen LogP contribution in [0, 0.1) is 5.92 Å². The van der Waals surface area contributed by atoms with Gasteiger partial charge in [0.1, 0.15) is 11.8 Å². The lowest BCUT2D eigenvalue weighted by atomic mass is 9.99. The number of carbonyl (C=O) groups is 3. The zero-order valence-corrected chi connectivity index (χ0v) is 16.6. The highest BCUT2D eigenvalue weighted by Crippen LogP contribution is 2.16. The van der Waals surface area contributed by atoms with Crippen LogP contribution in [0.15, 0.2) is 30.3 Å². The zero-order chi connectivity index (χ0) is 20.5. The Balaban J connectivity index is 1.73. The van der Waals surface area contributed by atoms with Crippen molar-refractivity contribution < 1.29 is 23.9 Å². The standard InChI is InChI=1S/C21H28N2O5/c1-15-10-12-23(13-11-15)20(25)14-28-21(26)16(2)22-19(24)9-6-17-4-7-18(27-3)8-5-17/h4-9,15-16H,10-14H2,1-3H3,(H,22,24)/b9-6+/t16-/m0/s1. The number of esters is 1. The summed E-state index contributed by atoms with van der Waals surface area (Å²) >= 11 is 0. The molecule has 1 aliphatic heterocycles. The van der Waals surface area contributed by atoms with Gasteiger partial charge < -0.3 is 19.7 Å². The molecule has 7 heteroatoms. The summed E-state index contributed by atoms with van der Waals surface area (Å²) in [4.78, 5) is 37.8. The van der Waals surface area contributed by atoms with Gasteiger partial charge in [-0.25, -0.2) is 4.79 Å². The van der Waals surface area contributed by atoms with Crippen LogP contribution in [0.25, 0.3) is 6.08 Å². The lowest BCUT2D eigenvalue weighted by Crippen LogP contribution is -2.43. The van der Waals surface area contributed by atoms with Gasteiger partial charge in [0.25, 0.3) is 5.91 Å².